The van der Waals surface area contributed by atoms with Crippen LogP contribution in [0, 0.1) is 11.8 Å². The Kier molecular flexibility index (Phi) is 5.34. The summed E-state index contributed by atoms with van der Waals surface area (Å²) in [6.45, 7) is 6.58. The molecule has 23 heavy (non-hydrogen) atoms. The van der Waals surface area contributed by atoms with E-state index in [0.29, 0.717) is 24.4 Å². The third-order valence-corrected chi connectivity index (χ3v) is 5.52. The maximum atomic E-state index is 12.9. The van der Waals surface area contributed by atoms with Crippen LogP contribution in [0.25, 0.3) is 0 Å². The first-order valence-corrected chi connectivity index (χ1v) is 8.96. The number of nitrogens with two attached hydrogens (primary N) is 1. The van der Waals surface area contributed by atoms with Crippen molar-refractivity contribution in [1.82, 2.24) is 9.80 Å². The number of hydrogen-bond donors (Lipinski definition) is 1. The van der Waals surface area contributed by atoms with Gasteiger partial charge in [-0.15, -0.1) is 0 Å². The summed E-state index contributed by atoms with van der Waals surface area (Å²) in [7, 11) is 0. The summed E-state index contributed by atoms with van der Waals surface area (Å²) in [5, 5.41) is 0. The number of rotatable bonds is 4. The van der Waals surface area contributed by atoms with Crippen LogP contribution < -0.4 is 5.73 Å². The fourth-order valence-corrected chi connectivity index (χ4v) is 4.20. The van der Waals surface area contributed by atoms with Crippen LogP contribution in [0.2, 0.25) is 0 Å². The largest absolute Gasteiger partial charge is 0.337 e. The molecular formula is C19H29N3O. The Labute approximate surface area is 139 Å². The number of hydrogen-bond acceptors (Lipinski definition) is 3. The minimum absolute atomic E-state index is 0.170. The second-order valence-electron chi connectivity index (χ2n) is 7.13. The highest BCUT2D eigenvalue weighted by atomic mass is 16.2. The van der Waals surface area contributed by atoms with E-state index in [1.165, 1.54) is 5.56 Å². The van der Waals surface area contributed by atoms with E-state index in [2.05, 4.69) is 47.1 Å². The zero-order valence-electron chi connectivity index (χ0n) is 14.2. The van der Waals surface area contributed by atoms with Crippen molar-refractivity contribution >= 4 is 5.91 Å². The van der Waals surface area contributed by atoms with Crippen molar-refractivity contribution in [2.75, 3.05) is 26.2 Å². The number of benzene rings is 1. The summed E-state index contributed by atoms with van der Waals surface area (Å²) in [4.78, 5) is 17.5. The summed E-state index contributed by atoms with van der Waals surface area (Å²) in [6.07, 6.45) is 3.30. The first-order chi connectivity index (χ1) is 11.2. The average molecular weight is 315 g/mol. The van der Waals surface area contributed by atoms with E-state index in [1.54, 1.807) is 0 Å². The molecule has 2 aliphatic rings. The van der Waals surface area contributed by atoms with Gasteiger partial charge in [0, 0.05) is 38.1 Å². The third-order valence-electron chi connectivity index (χ3n) is 5.52. The molecule has 1 heterocycles. The quantitative estimate of drug-likeness (QED) is 0.925. The molecule has 126 valence electrons. The van der Waals surface area contributed by atoms with Crippen molar-refractivity contribution in [3.05, 3.63) is 35.9 Å². The van der Waals surface area contributed by atoms with Crippen molar-refractivity contribution in [2.45, 2.75) is 38.8 Å². The first-order valence-electron chi connectivity index (χ1n) is 8.96. The molecule has 1 aromatic carbocycles. The second kappa shape index (κ2) is 7.45. The lowest BCUT2D eigenvalue weighted by Crippen LogP contribution is -2.55. The Morgan fingerprint density at radius 1 is 1.22 bits per heavy atom. The van der Waals surface area contributed by atoms with Gasteiger partial charge in [0.05, 0.1) is 0 Å². The molecule has 3 rings (SSSR count). The Morgan fingerprint density at radius 2 is 2.00 bits per heavy atom. The van der Waals surface area contributed by atoms with Crippen LogP contribution in [0.4, 0.5) is 0 Å². The number of amides is 1. The summed E-state index contributed by atoms with van der Waals surface area (Å²) in [5.74, 6) is 0.921. The molecule has 2 fully saturated rings. The minimum atomic E-state index is 0.170. The lowest BCUT2D eigenvalue weighted by molar-refractivity contribution is -0.141. The zero-order chi connectivity index (χ0) is 16.2. The fourth-order valence-electron chi connectivity index (χ4n) is 4.20. The summed E-state index contributed by atoms with van der Waals surface area (Å²) < 4.78 is 0. The first kappa shape index (κ1) is 16.5. The van der Waals surface area contributed by atoms with Gasteiger partial charge in [0.15, 0.2) is 0 Å². The van der Waals surface area contributed by atoms with E-state index in [-0.39, 0.29) is 5.92 Å². The average Bonchev–Trinajstić information content (AvgIpc) is 3.04. The van der Waals surface area contributed by atoms with Gasteiger partial charge in [0.2, 0.25) is 5.91 Å². The maximum Gasteiger partial charge on any atom is 0.226 e. The molecule has 1 saturated heterocycles. The Hall–Kier alpha value is -1.39. The Bertz CT molecular complexity index is 519. The summed E-state index contributed by atoms with van der Waals surface area (Å²) in [5.41, 5.74) is 7.20. The van der Waals surface area contributed by atoms with Crippen molar-refractivity contribution in [1.29, 1.82) is 0 Å². The van der Waals surface area contributed by atoms with Crippen molar-refractivity contribution in [2.24, 2.45) is 17.6 Å². The highest BCUT2D eigenvalue weighted by Gasteiger charge is 2.37. The van der Waals surface area contributed by atoms with E-state index in [9.17, 15) is 4.79 Å². The predicted molar refractivity (Wildman–Crippen MR) is 92.8 cm³/mol. The van der Waals surface area contributed by atoms with E-state index in [1.807, 2.05) is 0 Å². The maximum absolute atomic E-state index is 12.9. The van der Waals surface area contributed by atoms with Gasteiger partial charge in [-0.2, -0.15) is 0 Å². The van der Waals surface area contributed by atoms with Crippen molar-refractivity contribution < 1.29 is 4.79 Å². The van der Waals surface area contributed by atoms with E-state index in [4.69, 9.17) is 5.73 Å². The van der Waals surface area contributed by atoms with Gasteiger partial charge in [0.1, 0.15) is 0 Å². The van der Waals surface area contributed by atoms with Crippen LogP contribution in [0.5, 0.6) is 0 Å². The van der Waals surface area contributed by atoms with Crippen LogP contribution >= 0.6 is 0 Å². The number of piperazine rings is 1. The number of carbonyl (C=O) groups is 1. The highest BCUT2D eigenvalue weighted by molar-refractivity contribution is 5.80. The molecule has 0 bridgehead atoms. The third kappa shape index (κ3) is 3.75. The molecule has 4 heteroatoms. The molecule has 0 unspecified atom stereocenters. The molecule has 3 atom stereocenters. The van der Waals surface area contributed by atoms with Gasteiger partial charge < -0.3 is 10.6 Å². The van der Waals surface area contributed by atoms with E-state index >= 15 is 0 Å². The van der Waals surface area contributed by atoms with Gasteiger partial charge in [-0.1, -0.05) is 36.8 Å². The van der Waals surface area contributed by atoms with Crippen molar-refractivity contribution in [3.63, 3.8) is 0 Å². The number of carbonyl (C=O) groups excluding carboxylic acids is 1. The predicted octanol–water partition coefficient (Wildman–Crippen LogP) is 2.09. The molecule has 0 spiro atoms. The van der Waals surface area contributed by atoms with Crippen LogP contribution in [0.3, 0.4) is 0 Å². The van der Waals surface area contributed by atoms with Crippen LogP contribution in [0.15, 0.2) is 30.3 Å². The minimum Gasteiger partial charge on any atom is -0.337 e. The fraction of sp³-hybridized carbons (Fsp3) is 0.632. The van der Waals surface area contributed by atoms with Crippen molar-refractivity contribution in [3.8, 4) is 0 Å². The lowest BCUT2D eigenvalue weighted by Gasteiger charge is -2.41. The molecule has 1 aliphatic carbocycles. The van der Waals surface area contributed by atoms with Gasteiger partial charge in [0.25, 0.3) is 0 Å². The van der Waals surface area contributed by atoms with Gasteiger partial charge in [-0.25, -0.2) is 0 Å². The SMILES string of the molecule is C[C@@H]1CN(Cc2ccccc2)CCN1C(=O)[C@@H]1CCC[C@@H]1CN. The van der Waals surface area contributed by atoms with E-state index in [0.717, 1.165) is 45.4 Å². The lowest BCUT2D eigenvalue weighted by atomic mass is 9.93. The van der Waals surface area contributed by atoms with Gasteiger partial charge >= 0.3 is 0 Å². The molecular weight excluding hydrogens is 286 g/mol. The number of nitrogens with zero attached hydrogens (tertiary/aromatic N) is 2. The van der Waals surface area contributed by atoms with Crippen LogP contribution in [0.1, 0.15) is 31.7 Å². The normalized spacial score (nSPS) is 29.0. The topological polar surface area (TPSA) is 49.6 Å². The molecule has 1 amide bonds. The van der Waals surface area contributed by atoms with E-state index < -0.39 is 0 Å². The summed E-state index contributed by atoms with van der Waals surface area (Å²) >= 11 is 0. The highest BCUT2D eigenvalue weighted by Crippen LogP contribution is 2.33. The molecule has 1 saturated carbocycles. The molecule has 0 radical (unpaired) electrons. The second-order valence-corrected chi connectivity index (χ2v) is 7.13. The molecule has 1 aliphatic heterocycles. The standard InChI is InChI=1S/C19H29N3O/c1-15-13-21(14-16-6-3-2-4-7-16)10-11-22(15)19(23)18-9-5-8-17(18)12-20/h2-4,6-7,15,17-18H,5,8-14,20H2,1H3/t15-,17-,18-/m1/s1. The molecule has 0 aromatic heterocycles. The smallest absolute Gasteiger partial charge is 0.226 e. The Morgan fingerprint density at radius 3 is 2.70 bits per heavy atom. The van der Waals surface area contributed by atoms with Gasteiger partial charge in [-0.3, -0.25) is 9.69 Å². The molecule has 1 aromatic rings. The Balaban J connectivity index is 1.57. The molecule has 4 nitrogen and oxygen atoms in total. The summed E-state index contributed by atoms with van der Waals surface area (Å²) in [6, 6.07) is 10.9. The zero-order valence-corrected chi connectivity index (χ0v) is 14.2. The van der Waals surface area contributed by atoms with Gasteiger partial charge in [-0.05, 0) is 37.8 Å². The monoisotopic (exact) mass is 315 g/mol. The van der Waals surface area contributed by atoms with Crippen LogP contribution in [-0.2, 0) is 11.3 Å². The molecule has 2 N–H and O–H groups in total. The van der Waals surface area contributed by atoms with Crippen LogP contribution in [-0.4, -0.2) is 47.9 Å².